The normalized spacial score (nSPS) is 25.4. The maximum absolute atomic E-state index is 12.6. The molecule has 2 unspecified atom stereocenters. The van der Waals surface area contributed by atoms with Gasteiger partial charge in [-0.1, -0.05) is 13.3 Å². The van der Waals surface area contributed by atoms with Crippen molar-refractivity contribution in [3.05, 3.63) is 0 Å². The molecule has 0 saturated carbocycles. The average Bonchev–Trinajstić information content (AvgIpc) is 2.29. The van der Waals surface area contributed by atoms with Gasteiger partial charge in [-0.15, -0.1) is 0 Å². The van der Waals surface area contributed by atoms with Crippen molar-refractivity contribution >= 4 is 0 Å². The fourth-order valence-corrected chi connectivity index (χ4v) is 2.47. The Kier molecular flexibility index (Phi) is 6.18. The topological polar surface area (TPSA) is 29.3 Å². The minimum atomic E-state index is -0.149. The Bertz CT molecular complexity index is 164. The number of halogens is 1. The van der Waals surface area contributed by atoms with Crippen molar-refractivity contribution in [1.82, 2.24) is 4.90 Å². The highest BCUT2D eigenvalue weighted by molar-refractivity contribution is 4.74. The van der Waals surface area contributed by atoms with Gasteiger partial charge in [0.25, 0.3) is 0 Å². The summed E-state index contributed by atoms with van der Waals surface area (Å²) in [6.45, 7) is 6.07. The Morgan fingerprint density at radius 1 is 1.53 bits per heavy atom. The third-order valence-corrected chi connectivity index (χ3v) is 3.49. The Hall–Kier alpha value is -0.150. The quantitative estimate of drug-likeness (QED) is 0.736. The number of nitrogens with zero attached hydrogens (tertiary/aromatic N) is 1. The molecule has 1 aliphatic rings. The van der Waals surface area contributed by atoms with Gasteiger partial charge in [0.1, 0.15) is 0 Å². The molecule has 0 bridgehead atoms. The first-order valence-electron chi connectivity index (χ1n) is 6.28. The van der Waals surface area contributed by atoms with E-state index in [1.165, 1.54) is 6.42 Å². The van der Waals surface area contributed by atoms with Crippen LogP contribution in [-0.4, -0.2) is 37.8 Å². The van der Waals surface area contributed by atoms with Crippen LogP contribution in [0.1, 0.15) is 32.6 Å². The fraction of sp³-hybridized carbons (Fsp3) is 1.00. The molecule has 0 amide bonds. The van der Waals surface area contributed by atoms with Crippen LogP contribution in [0.15, 0.2) is 0 Å². The van der Waals surface area contributed by atoms with E-state index in [0.29, 0.717) is 5.92 Å². The Labute approximate surface area is 93.0 Å². The van der Waals surface area contributed by atoms with Crippen LogP contribution in [0, 0.1) is 11.8 Å². The summed E-state index contributed by atoms with van der Waals surface area (Å²) < 4.78 is 12.6. The Morgan fingerprint density at radius 2 is 2.33 bits per heavy atom. The van der Waals surface area contributed by atoms with Crippen LogP contribution in [0.2, 0.25) is 0 Å². The minimum absolute atomic E-state index is 0.149. The molecule has 0 spiro atoms. The molecule has 15 heavy (non-hydrogen) atoms. The number of hydrogen-bond donors (Lipinski definition) is 1. The average molecular weight is 216 g/mol. The summed E-state index contributed by atoms with van der Waals surface area (Å²) in [5, 5.41) is 0. The highest BCUT2D eigenvalue weighted by Crippen LogP contribution is 2.19. The van der Waals surface area contributed by atoms with Gasteiger partial charge in [0.15, 0.2) is 0 Å². The second-order valence-corrected chi connectivity index (χ2v) is 4.77. The van der Waals surface area contributed by atoms with E-state index in [1.807, 2.05) is 0 Å². The molecule has 0 aromatic rings. The highest BCUT2D eigenvalue weighted by Gasteiger charge is 2.21. The number of rotatable bonds is 6. The first-order chi connectivity index (χ1) is 7.30. The highest BCUT2D eigenvalue weighted by atomic mass is 19.1. The molecule has 1 rings (SSSR count). The molecule has 2 atom stereocenters. The van der Waals surface area contributed by atoms with Crippen molar-refractivity contribution in [3.63, 3.8) is 0 Å². The van der Waals surface area contributed by atoms with Crippen molar-refractivity contribution in [3.8, 4) is 0 Å². The second-order valence-electron chi connectivity index (χ2n) is 4.77. The molecule has 0 aromatic carbocycles. The zero-order chi connectivity index (χ0) is 11.1. The fourth-order valence-electron chi connectivity index (χ4n) is 2.47. The van der Waals surface area contributed by atoms with Crippen LogP contribution in [0.3, 0.4) is 0 Å². The summed E-state index contributed by atoms with van der Waals surface area (Å²) in [6.07, 6.45) is 4.52. The van der Waals surface area contributed by atoms with Crippen molar-refractivity contribution in [1.29, 1.82) is 0 Å². The SMILES string of the molecule is CCC(CCN)CN1CCCC(CF)C1. The van der Waals surface area contributed by atoms with Crippen LogP contribution in [-0.2, 0) is 0 Å². The van der Waals surface area contributed by atoms with Crippen molar-refractivity contribution < 1.29 is 4.39 Å². The van der Waals surface area contributed by atoms with Crippen LogP contribution in [0.5, 0.6) is 0 Å². The molecule has 2 nitrogen and oxygen atoms in total. The van der Waals surface area contributed by atoms with Gasteiger partial charge in [-0.05, 0) is 38.3 Å². The molecule has 90 valence electrons. The van der Waals surface area contributed by atoms with Gasteiger partial charge in [0.2, 0.25) is 0 Å². The summed E-state index contributed by atoms with van der Waals surface area (Å²) >= 11 is 0. The van der Waals surface area contributed by atoms with Gasteiger partial charge in [-0.3, -0.25) is 4.39 Å². The van der Waals surface area contributed by atoms with Crippen LogP contribution >= 0.6 is 0 Å². The molecular formula is C12H25FN2. The van der Waals surface area contributed by atoms with Crippen LogP contribution in [0.4, 0.5) is 4.39 Å². The third kappa shape index (κ3) is 4.47. The molecule has 2 N–H and O–H groups in total. The maximum Gasteiger partial charge on any atom is 0.0934 e. The van der Waals surface area contributed by atoms with E-state index < -0.39 is 0 Å². The molecule has 0 aliphatic carbocycles. The lowest BCUT2D eigenvalue weighted by Gasteiger charge is -2.33. The second kappa shape index (κ2) is 7.18. The van der Waals surface area contributed by atoms with E-state index in [2.05, 4.69) is 11.8 Å². The zero-order valence-corrected chi connectivity index (χ0v) is 9.92. The number of piperidine rings is 1. The van der Waals surface area contributed by atoms with E-state index in [4.69, 9.17) is 5.73 Å². The molecule has 1 aliphatic heterocycles. The third-order valence-electron chi connectivity index (χ3n) is 3.49. The van der Waals surface area contributed by atoms with Gasteiger partial charge in [0, 0.05) is 19.0 Å². The monoisotopic (exact) mass is 216 g/mol. The zero-order valence-electron chi connectivity index (χ0n) is 9.92. The van der Waals surface area contributed by atoms with Gasteiger partial charge < -0.3 is 10.6 Å². The van der Waals surface area contributed by atoms with Crippen LogP contribution in [0.25, 0.3) is 0 Å². The molecule has 1 saturated heterocycles. The van der Waals surface area contributed by atoms with Gasteiger partial charge in [-0.25, -0.2) is 0 Å². The van der Waals surface area contributed by atoms with Gasteiger partial charge >= 0.3 is 0 Å². The van der Waals surface area contributed by atoms with Crippen molar-refractivity contribution in [2.24, 2.45) is 17.6 Å². The van der Waals surface area contributed by atoms with Gasteiger partial charge in [-0.2, -0.15) is 0 Å². The summed E-state index contributed by atoms with van der Waals surface area (Å²) in [4.78, 5) is 2.43. The molecule has 0 radical (unpaired) electrons. The van der Waals surface area contributed by atoms with E-state index in [0.717, 1.165) is 45.4 Å². The molecule has 3 heteroatoms. The lowest BCUT2D eigenvalue weighted by molar-refractivity contribution is 0.132. The number of nitrogens with two attached hydrogens (primary N) is 1. The van der Waals surface area contributed by atoms with Crippen LogP contribution < -0.4 is 5.73 Å². The number of hydrogen-bond acceptors (Lipinski definition) is 2. The summed E-state index contributed by atoms with van der Waals surface area (Å²) in [5.41, 5.74) is 5.59. The Balaban J connectivity index is 2.29. The van der Waals surface area contributed by atoms with E-state index in [9.17, 15) is 4.39 Å². The first-order valence-corrected chi connectivity index (χ1v) is 6.28. The van der Waals surface area contributed by atoms with E-state index in [-0.39, 0.29) is 12.6 Å². The number of alkyl halides is 1. The van der Waals surface area contributed by atoms with E-state index >= 15 is 0 Å². The summed E-state index contributed by atoms with van der Waals surface area (Å²) in [7, 11) is 0. The van der Waals surface area contributed by atoms with Crippen molar-refractivity contribution in [2.75, 3.05) is 32.9 Å². The summed E-state index contributed by atoms with van der Waals surface area (Å²) in [5.74, 6) is 0.988. The van der Waals surface area contributed by atoms with Gasteiger partial charge in [0.05, 0.1) is 6.67 Å². The smallest absolute Gasteiger partial charge is 0.0934 e. The molecule has 1 fully saturated rings. The minimum Gasteiger partial charge on any atom is -0.330 e. The predicted molar refractivity (Wildman–Crippen MR) is 62.6 cm³/mol. The molecule has 0 aromatic heterocycles. The number of likely N-dealkylation sites (tertiary alicyclic amines) is 1. The summed E-state index contributed by atoms with van der Waals surface area (Å²) in [6, 6.07) is 0. The Morgan fingerprint density at radius 3 is 2.93 bits per heavy atom. The molecule has 1 heterocycles. The maximum atomic E-state index is 12.6. The largest absolute Gasteiger partial charge is 0.330 e. The standard InChI is InChI=1S/C12H25FN2/c1-2-11(5-6-14)9-15-7-3-4-12(8-13)10-15/h11-12H,2-10,14H2,1H3. The lowest BCUT2D eigenvalue weighted by atomic mass is 9.96. The van der Waals surface area contributed by atoms with Crippen molar-refractivity contribution in [2.45, 2.75) is 32.6 Å². The lowest BCUT2D eigenvalue weighted by Crippen LogP contribution is -2.39. The molecular weight excluding hydrogens is 191 g/mol. The van der Waals surface area contributed by atoms with E-state index in [1.54, 1.807) is 0 Å². The predicted octanol–water partition coefficient (Wildman–Crippen LogP) is 2.04. The first kappa shape index (κ1) is 12.9.